The molecule has 0 aromatic carbocycles. The van der Waals surface area contributed by atoms with Crippen molar-refractivity contribution < 1.29 is 9.94 Å². The summed E-state index contributed by atoms with van der Waals surface area (Å²) in [6, 6.07) is 0. The van der Waals surface area contributed by atoms with E-state index in [1.165, 1.54) is 0 Å². The Morgan fingerprint density at radius 2 is 2.38 bits per heavy atom. The van der Waals surface area contributed by atoms with Gasteiger partial charge in [0.25, 0.3) is 0 Å². The molecule has 0 fully saturated rings. The van der Waals surface area contributed by atoms with E-state index in [9.17, 15) is 0 Å². The van der Waals surface area contributed by atoms with Crippen molar-refractivity contribution in [3.63, 3.8) is 0 Å². The Labute approximate surface area is 53.3 Å². The SMILES string of the molecule is CCC(O)C(Cl)ON. The van der Waals surface area contributed by atoms with Gasteiger partial charge < -0.3 is 5.11 Å². The quantitative estimate of drug-likeness (QED) is 0.434. The number of aliphatic hydroxyl groups is 1. The Bertz CT molecular complexity index is 54.0. The zero-order valence-electron chi connectivity index (χ0n) is 4.67. The molecule has 0 heterocycles. The van der Waals surface area contributed by atoms with Gasteiger partial charge in [-0.05, 0) is 6.42 Å². The van der Waals surface area contributed by atoms with Crippen LogP contribution in [0.25, 0.3) is 0 Å². The molecule has 0 aliphatic heterocycles. The summed E-state index contributed by atoms with van der Waals surface area (Å²) in [6.07, 6.45) is -0.118. The molecular weight excluding hydrogens is 130 g/mol. The van der Waals surface area contributed by atoms with Gasteiger partial charge in [-0.3, -0.25) is 4.84 Å². The van der Waals surface area contributed by atoms with Crippen LogP contribution in [0.2, 0.25) is 0 Å². The molecule has 0 saturated heterocycles. The predicted octanol–water partition coefficient (Wildman–Crippen LogP) is 0.213. The maximum absolute atomic E-state index is 8.79. The Kier molecular flexibility index (Phi) is 4.18. The molecule has 3 nitrogen and oxygen atoms in total. The molecule has 2 unspecified atom stereocenters. The Hall–Kier alpha value is 0.170. The molecule has 0 aromatic heterocycles. The predicted molar refractivity (Wildman–Crippen MR) is 31.2 cm³/mol. The molecule has 0 rings (SSSR count). The van der Waals surface area contributed by atoms with E-state index in [0.717, 1.165) is 0 Å². The number of hydrogen-bond donors (Lipinski definition) is 2. The summed E-state index contributed by atoms with van der Waals surface area (Å²) in [7, 11) is 0. The van der Waals surface area contributed by atoms with Crippen molar-refractivity contribution >= 4 is 11.6 Å². The largest absolute Gasteiger partial charge is 0.389 e. The second-order valence-corrected chi connectivity index (χ2v) is 1.89. The van der Waals surface area contributed by atoms with Gasteiger partial charge in [0.15, 0.2) is 5.56 Å². The number of alkyl halides is 1. The molecular formula is C4H10ClNO2. The van der Waals surface area contributed by atoms with Crippen molar-refractivity contribution in [1.82, 2.24) is 0 Å². The molecule has 0 saturated carbocycles. The third-order valence-corrected chi connectivity index (χ3v) is 1.24. The highest BCUT2D eigenvalue weighted by Crippen LogP contribution is 2.04. The van der Waals surface area contributed by atoms with Crippen LogP contribution in [0.5, 0.6) is 0 Å². The van der Waals surface area contributed by atoms with Gasteiger partial charge in [0.2, 0.25) is 0 Å². The molecule has 2 atom stereocenters. The molecule has 3 N–H and O–H groups in total. The molecule has 8 heavy (non-hydrogen) atoms. The zero-order valence-corrected chi connectivity index (χ0v) is 5.43. The molecule has 0 aliphatic carbocycles. The van der Waals surface area contributed by atoms with Crippen LogP contribution in [0.4, 0.5) is 0 Å². The molecule has 4 heteroatoms. The third kappa shape index (κ3) is 2.47. The van der Waals surface area contributed by atoms with Crippen LogP contribution < -0.4 is 5.90 Å². The van der Waals surface area contributed by atoms with Gasteiger partial charge in [-0.15, -0.1) is 0 Å². The molecule has 0 spiro atoms. The van der Waals surface area contributed by atoms with Gasteiger partial charge in [0.05, 0.1) is 6.10 Å². The van der Waals surface area contributed by atoms with E-state index in [1.807, 2.05) is 0 Å². The van der Waals surface area contributed by atoms with Crippen molar-refractivity contribution in [3.8, 4) is 0 Å². The van der Waals surface area contributed by atoms with Gasteiger partial charge in [0, 0.05) is 0 Å². The van der Waals surface area contributed by atoms with Crippen molar-refractivity contribution in [1.29, 1.82) is 0 Å². The van der Waals surface area contributed by atoms with Gasteiger partial charge in [-0.25, -0.2) is 5.90 Å². The number of nitrogens with two attached hydrogens (primary N) is 1. The second-order valence-electron chi connectivity index (χ2n) is 1.46. The Balaban J connectivity index is 3.29. The molecule has 0 aromatic rings. The van der Waals surface area contributed by atoms with Crippen molar-refractivity contribution in [2.24, 2.45) is 5.90 Å². The third-order valence-electron chi connectivity index (χ3n) is 0.851. The molecule has 0 bridgehead atoms. The number of rotatable bonds is 3. The summed E-state index contributed by atoms with van der Waals surface area (Å²) in [6.45, 7) is 1.79. The number of halogens is 1. The summed E-state index contributed by atoms with van der Waals surface area (Å²) < 4.78 is 0. The van der Waals surface area contributed by atoms with E-state index in [0.29, 0.717) is 6.42 Å². The second kappa shape index (κ2) is 4.09. The first-order valence-corrected chi connectivity index (χ1v) is 2.83. The Morgan fingerprint density at radius 1 is 1.88 bits per heavy atom. The minimum atomic E-state index is -0.778. The van der Waals surface area contributed by atoms with Crippen LogP contribution >= 0.6 is 11.6 Å². The van der Waals surface area contributed by atoms with E-state index in [1.54, 1.807) is 6.92 Å². The Morgan fingerprint density at radius 3 is 2.50 bits per heavy atom. The monoisotopic (exact) mass is 139 g/mol. The highest BCUT2D eigenvalue weighted by molar-refractivity contribution is 6.20. The van der Waals surface area contributed by atoms with E-state index in [-0.39, 0.29) is 0 Å². The van der Waals surface area contributed by atoms with Gasteiger partial charge >= 0.3 is 0 Å². The topological polar surface area (TPSA) is 55.5 Å². The van der Waals surface area contributed by atoms with Crippen LogP contribution in [0.3, 0.4) is 0 Å². The van der Waals surface area contributed by atoms with Gasteiger partial charge in [-0.2, -0.15) is 0 Å². The highest BCUT2D eigenvalue weighted by Gasteiger charge is 2.12. The molecule has 0 radical (unpaired) electrons. The van der Waals surface area contributed by atoms with Crippen molar-refractivity contribution in [3.05, 3.63) is 0 Å². The van der Waals surface area contributed by atoms with E-state index in [4.69, 9.17) is 16.7 Å². The fourth-order valence-electron chi connectivity index (χ4n) is 0.276. The normalized spacial score (nSPS) is 18.0. The van der Waals surface area contributed by atoms with E-state index < -0.39 is 11.7 Å². The van der Waals surface area contributed by atoms with Crippen LogP contribution in [0, 0.1) is 0 Å². The maximum Gasteiger partial charge on any atom is 0.177 e. The van der Waals surface area contributed by atoms with Crippen LogP contribution in [-0.4, -0.2) is 16.8 Å². The summed E-state index contributed by atoms with van der Waals surface area (Å²) >= 11 is 5.32. The minimum Gasteiger partial charge on any atom is -0.389 e. The fraction of sp³-hybridized carbons (Fsp3) is 1.00. The first-order chi connectivity index (χ1) is 3.72. The molecule has 0 aliphatic rings. The van der Waals surface area contributed by atoms with E-state index >= 15 is 0 Å². The zero-order chi connectivity index (χ0) is 6.57. The van der Waals surface area contributed by atoms with Crippen LogP contribution in [0.1, 0.15) is 13.3 Å². The van der Waals surface area contributed by atoms with Crippen molar-refractivity contribution in [2.75, 3.05) is 0 Å². The van der Waals surface area contributed by atoms with Crippen molar-refractivity contribution in [2.45, 2.75) is 25.0 Å². The summed E-state index contributed by atoms with van der Waals surface area (Å²) in [5.74, 6) is 4.66. The lowest BCUT2D eigenvalue weighted by Gasteiger charge is -2.10. The van der Waals surface area contributed by atoms with Gasteiger partial charge in [-0.1, -0.05) is 18.5 Å². The maximum atomic E-state index is 8.79. The van der Waals surface area contributed by atoms with E-state index in [2.05, 4.69) is 10.7 Å². The van der Waals surface area contributed by atoms with Gasteiger partial charge in [0.1, 0.15) is 0 Å². The first-order valence-electron chi connectivity index (χ1n) is 2.40. The smallest absolute Gasteiger partial charge is 0.177 e. The summed E-state index contributed by atoms with van der Waals surface area (Å²) in [5.41, 5.74) is -0.778. The standard InChI is InChI=1S/C4H10ClNO2/c1-2-3(7)4(5)8-6/h3-4,7H,2,6H2,1H3. The number of hydrogen-bond acceptors (Lipinski definition) is 3. The minimum absolute atomic E-state index is 0.547. The summed E-state index contributed by atoms with van der Waals surface area (Å²) in [4.78, 5) is 4.12. The average molecular weight is 140 g/mol. The fourth-order valence-corrected chi connectivity index (χ4v) is 0.454. The average Bonchev–Trinajstić information content (AvgIpc) is 1.84. The van der Waals surface area contributed by atoms with Crippen LogP contribution in [0.15, 0.2) is 0 Å². The molecule has 0 amide bonds. The van der Waals surface area contributed by atoms with Crippen LogP contribution in [-0.2, 0) is 4.84 Å². The highest BCUT2D eigenvalue weighted by atomic mass is 35.5. The first kappa shape index (κ1) is 8.17. The summed E-state index contributed by atoms with van der Waals surface area (Å²) in [5, 5.41) is 8.79. The lowest BCUT2D eigenvalue weighted by Crippen LogP contribution is -2.25. The molecule has 50 valence electrons. The lowest BCUT2D eigenvalue weighted by molar-refractivity contribution is 0.00754. The number of aliphatic hydroxyl groups excluding tert-OH is 1. The lowest BCUT2D eigenvalue weighted by atomic mass is 10.3.